The van der Waals surface area contributed by atoms with Gasteiger partial charge in [0.15, 0.2) is 4.80 Å². The van der Waals surface area contributed by atoms with E-state index in [0.29, 0.717) is 21.6 Å². The molecule has 0 spiro atoms. The summed E-state index contributed by atoms with van der Waals surface area (Å²) in [6.07, 6.45) is 3.53. The molecule has 1 aliphatic rings. The van der Waals surface area contributed by atoms with Crippen molar-refractivity contribution in [2.75, 3.05) is 12.9 Å². The smallest absolute Gasteiger partial charge is 0.338 e. The second-order valence-electron chi connectivity index (χ2n) is 9.38. The van der Waals surface area contributed by atoms with Gasteiger partial charge in [-0.2, -0.15) is 0 Å². The van der Waals surface area contributed by atoms with Crippen molar-refractivity contribution in [3.63, 3.8) is 0 Å². The predicted molar refractivity (Wildman–Crippen MR) is 165 cm³/mol. The Morgan fingerprint density at radius 2 is 1.80 bits per heavy atom. The Balaban J connectivity index is 1.63. The van der Waals surface area contributed by atoms with Gasteiger partial charge in [0.05, 0.1) is 44.4 Å². The number of thiazole rings is 1. The lowest BCUT2D eigenvalue weighted by molar-refractivity contribution is -0.394. The van der Waals surface area contributed by atoms with Crippen LogP contribution in [0, 0.1) is 20.2 Å². The Morgan fingerprint density at radius 3 is 2.45 bits per heavy atom. The molecule has 0 bridgehead atoms. The number of esters is 1. The van der Waals surface area contributed by atoms with Gasteiger partial charge in [0.1, 0.15) is 5.75 Å². The van der Waals surface area contributed by atoms with Gasteiger partial charge in [0.2, 0.25) is 5.75 Å². The van der Waals surface area contributed by atoms with Crippen molar-refractivity contribution < 1.29 is 24.1 Å². The fourth-order valence-electron chi connectivity index (χ4n) is 4.69. The molecule has 0 fully saturated rings. The van der Waals surface area contributed by atoms with Crippen LogP contribution in [0.4, 0.5) is 11.4 Å². The number of para-hydroxylation sites is 1. The Morgan fingerprint density at radius 1 is 1.07 bits per heavy atom. The third-order valence-corrected chi connectivity index (χ3v) is 8.45. The van der Waals surface area contributed by atoms with Gasteiger partial charge >= 0.3 is 11.7 Å². The first-order chi connectivity index (χ1) is 21.1. The van der Waals surface area contributed by atoms with E-state index in [0.717, 1.165) is 34.4 Å². The second-order valence-corrected chi connectivity index (χ2v) is 11.3. The van der Waals surface area contributed by atoms with Crippen LogP contribution in [0.5, 0.6) is 11.5 Å². The number of nitrogens with zero attached hydrogens (tertiary/aromatic N) is 4. The standard InChI is InChI=1S/C30H24N4O8S2/c1-4-41-29(36)26-17(2)31-30-32(27(26)18-9-12-21(43-3)13-10-18)28(35)25(44-30)15-19-7-5-6-8-23(19)42-24-14-11-20(33(37)38)16-22(24)34(39)40/h5-16,27H,4H2,1-3H3/b25-15+/t27-/m0/s1. The third-order valence-electron chi connectivity index (χ3n) is 6.72. The number of hydrogen-bond acceptors (Lipinski definition) is 11. The molecule has 0 saturated carbocycles. The predicted octanol–water partition coefficient (Wildman–Crippen LogP) is 5.13. The van der Waals surface area contributed by atoms with E-state index in [1.807, 2.05) is 30.5 Å². The number of allylic oxidation sites excluding steroid dienone is 1. The molecule has 12 nitrogen and oxygen atoms in total. The molecule has 0 radical (unpaired) electrons. The number of fused-ring (bicyclic) bond motifs is 1. The Hall–Kier alpha value is -5.08. The molecule has 1 aromatic heterocycles. The molecule has 2 heterocycles. The van der Waals surface area contributed by atoms with Crippen molar-refractivity contribution in [1.29, 1.82) is 0 Å². The first-order valence-corrected chi connectivity index (χ1v) is 15.2. The number of benzene rings is 3. The molecule has 0 N–H and O–H groups in total. The molecule has 224 valence electrons. The molecule has 0 saturated heterocycles. The van der Waals surface area contributed by atoms with Gasteiger partial charge in [-0.05, 0) is 56.0 Å². The van der Waals surface area contributed by atoms with Gasteiger partial charge in [-0.3, -0.25) is 29.6 Å². The molecule has 1 atom stereocenters. The molecule has 1 aliphatic heterocycles. The summed E-state index contributed by atoms with van der Waals surface area (Å²) in [6, 6.07) is 16.5. The van der Waals surface area contributed by atoms with Crippen LogP contribution in [0.15, 0.2) is 92.7 Å². The van der Waals surface area contributed by atoms with Gasteiger partial charge in [0.25, 0.3) is 11.2 Å². The number of rotatable bonds is 9. The van der Waals surface area contributed by atoms with Gasteiger partial charge in [-0.1, -0.05) is 41.7 Å². The normalized spacial score (nSPS) is 14.5. The zero-order chi connectivity index (χ0) is 31.5. The molecule has 44 heavy (non-hydrogen) atoms. The highest BCUT2D eigenvalue weighted by Crippen LogP contribution is 2.36. The third kappa shape index (κ3) is 5.89. The number of carbonyl (C=O) groups excluding carboxylic acids is 1. The minimum absolute atomic E-state index is 0.155. The van der Waals surface area contributed by atoms with Crippen molar-refractivity contribution in [3.8, 4) is 11.5 Å². The number of aromatic nitrogens is 1. The van der Waals surface area contributed by atoms with E-state index in [4.69, 9.17) is 9.47 Å². The van der Waals surface area contributed by atoms with Crippen molar-refractivity contribution in [3.05, 3.63) is 129 Å². The molecular weight excluding hydrogens is 608 g/mol. The van der Waals surface area contributed by atoms with E-state index in [1.54, 1.807) is 56.0 Å². The van der Waals surface area contributed by atoms with Gasteiger partial charge in [0, 0.05) is 16.5 Å². The number of ether oxygens (including phenoxy) is 2. The summed E-state index contributed by atoms with van der Waals surface area (Å²) in [7, 11) is 0. The molecule has 5 rings (SSSR count). The van der Waals surface area contributed by atoms with E-state index in [2.05, 4.69) is 4.99 Å². The van der Waals surface area contributed by atoms with E-state index >= 15 is 0 Å². The van der Waals surface area contributed by atoms with Crippen LogP contribution < -0.4 is 19.6 Å². The van der Waals surface area contributed by atoms with Crippen LogP contribution in [0.25, 0.3) is 6.08 Å². The Labute approximate surface area is 257 Å². The first kappa shape index (κ1) is 30.4. The summed E-state index contributed by atoms with van der Waals surface area (Å²) in [5, 5.41) is 22.8. The Bertz CT molecular complexity index is 2020. The van der Waals surface area contributed by atoms with Gasteiger partial charge < -0.3 is 9.47 Å². The topological polar surface area (TPSA) is 156 Å². The largest absolute Gasteiger partial charge is 0.463 e. The summed E-state index contributed by atoms with van der Waals surface area (Å²) >= 11 is 2.69. The lowest BCUT2D eigenvalue weighted by Crippen LogP contribution is -2.39. The highest BCUT2D eigenvalue weighted by Gasteiger charge is 2.33. The summed E-state index contributed by atoms with van der Waals surface area (Å²) in [4.78, 5) is 54.4. The zero-order valence-electron chi connectivity index (χ0n) is 23.6. The number of nitro groups is 2. The van der Waals surface area contributed by atoms with E-state index in [9.17, 15) is 29.8 Å². The molecule has 4 aromatic rings. The van der Waals surface area contributed by atoms with Crippen molar-refractivity contribution in [2.24, 2.45) is 4.99 Å². The fourth-order valence-corrected chi connectivity index (χ4v) is 6.14. The minimum atomic E-state index is -0.780. The fraction of sp³-hybridized carbons (Fsp3) is 0.167. The lowest BCUT2D eigenvalue weighted by Gasteiger charge is -2.24. The average molecular weight is 633 g/mol. The molecule has 14 heteroatoms. The zero-order valence-corrected chi connectivity index (χ0v) is 25.2. The summed E-state index contributed by atoms with van der Waals surface area (Å²) in [5.74, 6) is -0.584. The van der Waals surface area contributed by atoms with E-state index < -0.39 is 38.8 Å². The van der Waals surface area contributed by atoms with Crippen LogP contribution in [-0.2, 0) is 9.53 Å². The van der Waals surface area contributed by atoms with Crippen molar-refractivity contribution >= 4 is 46.5 Å². The summed E-state index contributed by atoms with van der Waals surface area (Å²) < 4.78 is 12.9. The quantitative estimate of drug-likeness (QED) is 0.106. The maximum absolute atomic E-state index is 14.0. The monoisotopic (exact) mass is 632 g/mol. The number of hydrogen-bond donors (Lipinski definition) is 0. The summed E-state index contributed by atoms with van der Waals surface area (Å²) in [6.45, 7) is 3.56. The first-order valence-electron chi connectivity index (χ1n) is 13.2. The molecule has 0 aliphatic carbocycles. The minimum Gasteiger partial charge on any atom is -0.463 e. The maximum Gasteiger partial charge on any atom is 0.338 e. The van der Waals surface area contributed by atoms with Crippen LogP contribution in [0.1, 0.15) is 31.0 Å². The molecular formula is C30H24N4O8S2. The van der Waals surface area contributed by atoms with Gasteiger partial charge in [-0.25, -0.2) is 9.79 Å². The molecule has 0 unspecified atom stereocenters. The van der Waals surface area contributed by atoms with Crippen LogP contribution in [-0.4, -0.2) is 33.2 Å². The maximum atomic E-state index is 14.0. The van der Waals surface area contributed by atoms with Gasteiger partial charge in [-0.15, -0.1) is 11.8 Å². The van der Waals surface area contributed by atoms with Crippen LogP contribution in [0.2, 0.25) is 0 Å². The highest BCUT2D eigenvalue weighted by molar-refractivity contribution is 7.98. The number of non-ortho nitro benzene ring substituents is 1. The number of thioether (sulfide) groups is 1. The highest BCUT2D eigenvalue weighted by atomic mass is 32.2. The Kier molecular flexibility index (Phi) is 8.73. The van der Waals surface area contributed by atoms with E-state index in [1.165, 1.54) is 4.57 Å². The molecule has 3 aromatic carbocycles. The average Bonchev–Trinajstić information content (AvgIpc) is 3.31. The molecule has 0 amide bonds. The lowest BCUT2D eigenvalue weighted by atomic mass is 9.96. The van der Waals surface area contributed by atoms with E-state index in [-0.39, 0.29) is 28.2 Å². The van der Waals surface area contributed by atoms with Crippen LogP contribution in [0.3, 0.4) is 0 Å². The van der Waals surface area contributed by atoms with Crippen molar-refractivity contribution in [2.45, 2.75) is 24.8 Å². The summed E-state index contributed by atoms with van der Waals surface area (Å²) in [5.41, 5.74) is 0.394. The van der Waals surface area contributed by atoms with Crippen LogP contribution >= 0.6 is 23.1 Å². The van der Waals surface area contributed by atoms with Crippen molar-refractivity contribution in [1.82, 2.24) is 4.57 Å². The number of carbonyl (C=O) groups is 1. The second kappa shape index (κ2) is 12.7. The SMILES string of the molecule is CCOC(=O)C1=C(C)N=c2s/c(=C/c3ccccc3Oc3ccc([N+](=O)[O-])cc3[N+](=O)[O-])c(=O)n2[C@H]1c1ccc(SC)cc1. The number of nitro benzene ring substituents is 2.